The van der Waals surface area contributed by atoms with E-state index in [0.717, 1.165) is 24.2 Å². The number of benzene rings is 6. The average molecular weight is 557 g/mol. The van der Waals surface area contributed by atoms with Crippen LogP contribution in [0.4, 0.5) is 28.4 Å². The third-order valence-electron chi connectivity index (χ3n) is 8.74. The fourth-order valence-electron chi connectivity index (χ4n) is 6.35. The molecule has 0 saturated heterocycles. The van der Waals surface area contributed by atoms with Crippen molar-refractivity contribution in [1.82, 2.24) is 0 Å². The molecule has 0 unspecified atom stereocenters. The monoisotopic (exact) mass is 556 g/mol. The van der Waals surface area contributed by atoms with Crippen LogP contribution in [-0.2, 0) is 18.3 Å². The summed E-state index contributed by atoms with van der Waals surface area (Å²) in [6.07, 6.45) is 2.02. The minimum atomic E-state index is -0.0823. The maximum Gasteiger partial charge on any atom is 0.0502 e. The first-order valence-corrected chi connectivity index (χ1v) is 15.2. The normalized spacial score (nSPS) is 13.2. The molecule has 0 fully saturated rings. The van der Waals surface area contributed by atoms with Crippen LogP contribution in [0.5, 0.6) is 0 Å². The minimum Gasteiger partial charge on any atom is -0.356 e. The van der Waals surface area contributed by atoms with E-state index in [1.165, 1.54) is 50.4 Å². The fourth-order valence-corrected chi connectivity index (χ4v) is 6.35. The molecule has 1 N–H and O–H groups in total. The lowest BCUT2D eigenvalue weighted by Gasteiger charge is -2.42. The van der Waals surface area contributed by atoms with Crippen LogP contribution in [0.25, 0.3) is 11.1 Å². The molecule has 43 heavy (non-hydrogen) atoms. The zero-order chi connectivity index (χ0) is 29.2. The largest absolute Gasteiger partial charge is 0.356 e. The van der Waals surface area contributed by atoms with Crippen LogP contribution >= 0.6 is 0 Å². The zero-order valence-corrected chi connectivity index (χ0v) is 24.8. The molecule has 7 rings (SSSR count). The Hall–Kier alpha value is -5.08. The summed E-state index contributed by atoms with van der Waals surface area (Å²) in [5, 5.41) is 3.46. The van der Waals surface area contributed by atoms with E-state index in [1.54, 1.807) is 0 Å². The summed E-state index contributed by atoms with van der Waals surface area (Å²) >= 11 is 0. The van der Waals surface area contributed by atoms with Crippen molar-refractivity contribution in [2.75, 3.05) is 10.2 Å². The van der Waals surface area contributed by atoms with Gasteiger partial charge in [-0.15, -0.1) is 0 Å². The van der Waals surface area contributed by atoms with E-state index >= 15 is 0 Å². The standard InChI is InChI=1S/C41H36N2/c1-41(2)37-15-9-10-16-39(37)43(36-13-7-4-8-14-36)40-28-21-31(29-38(40)41)18-17-30-19-22-32(23-20-30)33-24-26-35(27-25-33)42-34-11-5-3-6-12-34/h3-16,19-29,42H,17-18H2,1-2H3. The second-order valence-electron chi connectivity index (χ2n) is 11.9. The van der Waals surface area contributed by atoms with E-state index in [0.29, 0.717) is 0 Å². The molecule has 2 nitrogen and oxygen atoms in total. The minimum absolute atomic E-state index is 0.0823. The summed E-state index contributed by atoms with van der Waals surface area (Å²) in [6, 6.07) is 54.7. The van der Waals surface area contributed by atoms with Crippen LogP contribution in [0.1, 0.15) is 36.1 Å². The second-order valence-corrected chi connectivity index (χ2v) is 11.9. The number of hydrogen-bond donors (Lipinski definition) is 1. The molecule has 0 aromatic heterocycles. The summed E-state index contributed by atoms with van der Waals surface area (Å²) in [5.41, 5.74) is 13.8. The summed E-state index contributed by atoms with van der Waals surface area (Å²) in [4.78, 5) is 2.42. The lowest BCUT2D eigenvalue weighted by Crippen LogP contribution is -2.30. The molecule has 0 atom stereocenters. The van der Waals surface area contributed by atoms with Crippen molar-refractivity contribution in [3.05, 3.63) is 174 Å². The third-order valence-corrected chi connectivity index (χ3v) is 8.74. The Balaban J connectivity index is 1.08. The quantitative estimate of drug-likeness (QED) is 0.210. The fraction of sp³-hybridized carbons (Fsp3) is 0.122. The van der Waals surface area contributed by atoms with E-state index in [4.69, 9.17) is 0 Å². The van der Waals surface area contributed by atoms with Gasteiger partial charge in [-0.05, 0) is 94.8 Å². The third kappa shape index (κ3) is 5.33. The predicted octanol–water partition coefficient (Wildman–Crippen LogP) is 11.0. The number of nitrogens with zero attached hydrogens (tertiary/aromatic N) is 1. The highest BCUT2D eigenvalue weighted by molar-refractivity contribution is 5.86. The molecule has 6 aromatic rings. The van der Waals surface area contributed by atoms with Gasteiger partial charge in [0.1, 0.15) is 0 Å². The zero-order valence-electron chi connectivity index (χ0n) is 24.8. The molecular weight excluding hydrogens is 520 g/mol. The van der Waals surface area contributed by atoms with Gasteiger partial charge in [-0.2, -0.15) is 0 Å². The number of rotatable bonds is 7. The second kappa shape index (κ2) is 11.3. The first kappa shape index (κ1) is 26.8. The van der Waals surface area contributed by atoms with Crippen molar-refractivity contribution in [3.63, 3.8) is 0 Å². The summed E-state index contributed by atoms with van der Waals surface area (Å²) in [5.74, 6) is 0. The molecule has 1 aliphatic heterocycles. The first-order chi connectivity index (χ1) is 21.1. The Morgan fingerprint density at radius 3 is 1.74 bits per heavy atom. The van der Waals surface area contributed by atoms with Gasteiger partial charge in [-0.25, -0.2) is 0 Å². The molecule has 0 saturated carbocycles. The predicted molar refractivity (Wildman–Crippen MR) is 182 cm³/mol. The van der Waals surface area contributed by atoms with Crippen LogP contribution in [0.3, 0.4) is 0 Å². The van der Waals surface area contributed by atoms with Gasteiger partial charge < -0.3 is 10.2 Å². The van der Waals surface area contributed by atoms with Crippen LogP contribution in [0.2, 0.25) is 0 Å². The molecule has 0 amide bonds. The summed E-state index contributed by atoms with van der Waals surface area (Å²) in [7, 11) is 0. The number of aryl methyl sites for hydroxylation is 2. The van der Waals surface area contributed by atoms with Crippen molar-refractivity contribution < 1.29 is 0 Å². The Morgan fingerprint density at radius 2 is 1.02 bits per heavy atom. The smallest absolute Gasteiger partial charge is 0.0502 e. The van der Waals surface area contributed by atoms with Gasteiger partial charge in [0.15, 0.2) is 0 Å². The van der Waals surface area contributed by atoms with Gasteiger partial charge in [-0.1, -0.05) is 117 Å². The summed E-state index contributed by atoms with van der Waals surface area (Å²) in [6.45, 7) is 4.72. The molecule has 0 spiro atoms. The Labute approximate surface area is 255 Å². The van der Waals surface area contributed by atoms with Gasteiger partial charge in [0.25, 0.3) is 0 Å². The van der Waals surface area contributed by atoms with E-state index in [9.17, 15) is 0 Å². The molecular formula is C41H36N2. The lowest BCUT2D eigenvalue weighted by molar-refractivity contribution is 0.630. The van der Waals surface area contributed by atoms with Crippen molar-refractivity contribution in [1.29, 1.82) is 0 Å². The van der Waals surface area contributed by atoms with Gasteiger partial charge in [-0.3, -0.25) is 0 Å². The summed E-state index contributed by atoms with van der Waals surface area (Å²) < 4.78 is 0. The molecule has 2 heteroatoms. The van der Waals surface area contributed by atoms with Crippen molar-refractivity contribution in [3.8, 4) is 11.1 Å². The topological polar surface area (TPSA) is 15.3 Å². The van der Waals surface area contributed by atoms with Crippen molar-refractivity contribution >= 4 is 28.4 Å². The SMILES string of the molecule is CC1(C)c2ccccc2N(c2ccccc2)c2ccc(CCc3ccc(-c4ccc(Nc5ccccc5)cc4)cc3)cc21. The lowest BCUT2D eigenvalue weighted by atomic mass is 9.73. The number of hydrogen-bond acceptors (Lipinski definition) is 2. The highest BCUT2D eigenvalue weighted by atomic mass is 15.2. The molecule has 6 aromatic carbocycles. The number of fused-ring (bicyclic) bond motifs is 2. The number of para-hydroxylation sites is 3. The first-order valence-electron chi connectivity index (χ1n) is 15.2. The number of anilines is 5. The Morgan fingerprint density at radius 1 is 0.488 bits per heavy atom. The highest BCUT2D eigenvalue weighted by Crippen LogP contribution is 2.51. The van der Waals surface area contributed by atoms with E-state index in [2.05, 4.69) is 158 Å². The highest BCUT2D eigenvalue weighted by Gasteiger charge is 2.36. The van der Waals surface area contributed by atoms with E-state index in [1.807, 2.05) is 18.2 Å². The van der Waals surface area contributed by atoms with Crippen LogP contribution in [-0.4, -0.2) is 0 Å². The van der Waals surface area contributed by atoms with Crippen LogP contribution < -0.4 is 10.2 Å². The van der Waals surface area contributed by atoms with Crippen LogP contribution in [0, 0.1) is 0 Å². The molecule has 0 bridgehead atoms. The molecule has 0 radical (unpaired) electrons. The van der Waals surface area contributed by atoms with E-state index < -0.39 is 0 Å². The maximum absolute atomic E-state index is 3.46. The van der Waals surface area contributed by atoms with Crippen molar-refractivity contribution in [2.45, 2.75) is 32.1 Å². The van der Waals surface area contributed by atoms with Crippen molar-refractivity contribution in [2.24, 2.45) is 0 Å². The number of nitrogens with one attached hydrogen (secondary N) is 1. The molecule has 0 aliphatic carbocycles. The average Bonchev–Trinajstić information content (AvgIpc) is 3.06. The van der Waals surface area contributed by atoms with Gasteiger partial charge >= 0.3 is 0 Å². The van der Waals surface area contributed by atoms with Crippen LogP contribution in [0.15, 0.2) is 152 Å². The molecule has 1 aliphatic rings. The molecule has 210 valence electrons. The van der Waals surface area contributed by atoms with Gasteiger partial charge in [0.05, 0.1) is 11.4 Å². The Bertz CT molecular complexity index is 1840. The molecule has 1 heterocycles. The van der Waals surface area contributed by atoms with Gasteiger partial charge in [0, 0.05) is 22.5 Å². The van der Waals surface area contributed by atoms with E-state index in [-0.39, 0.29) is 5.41 Å². The maximum atomic E-state index is 3.46. The van der Waals surface area contributed by atoms with Gasteiger partial charge in [0.2, 0.25) is 0 Å². The Kier molecular flexibility index (Phi) is 7.04.